The van der Waals surface area contributed by atoms with E-state index in [0.717, 1.165) is 5.92 Å². The molecule has 2 nitrogen and oxygen atoms in total. The largest absolute Gasteiger partial charge is 0.316 e. The Kier molecular flexibility index (Phi) is 4.02. The zero-order chi connectivity index (χ0) is 8.97. The number of rotatable bonds is 5. The topological polar surface area (TPSA) is 15.3 Å². The molecule has 0 saturated heterocycles. The molecule has 1 unspecified atom stereocenters. The monoisotopic (exact) mass is 170 g/mol. The van der Waals surface area contributed by atoms with Crippen LogP contribution in [0.1, 0.15) is 25.7 Å². The van der Waals surface area contributed by atoms with Crippen molar-refractivity contribution in [1.82, 2.24) is 10.2 Å². The standard InChI is InChI=1S/C10H22N2/c1-11-10(8-12(2)3)7-9-5-4-6-9/h9-11H,4-8H2,1-3H3. The van der Waals surface area contributed by atoms with Crippen LogP contribution in [0.25, 0.3) is 0 Å². The van der Waals surface area contributed by atoms with Gasteiger partial charge in [-0.25, -0.2) is 0 Å². The highest BCUT2D eigenvalue weighted by Crippen LogP contribution is 2.30. The van der Waals surface area contributed by atoms with E-state index < -0.39 is 0 Å². The van der Waals surface area contributed by atoms with Crippen molar-refractivity contribution in [1.29, 1.82) is 0 Å². The van der Waals surface area contributed by atoms with Gasteiger partial charge in [0.2, 0.25) is 0 Å². The van der Waals surface area contributed by atoms with Crippen molar-refractivity contribution in [3.8, 4) is 0 Å². The molecule has 0 aromatic carbocycles. The van der Waals surface area contributed by atoms with Crippen molar-refractivity contribution in [2.75, 3.05) is 27.7 Å². The number of nitrogens with zero attached hydrogens (tertiary/aromatic N) is 1. The summed E-state index contributed by atoms with van der Waals surface area (Å²) in [7, 11) is 6.36. The van der Waals surface area contributed by atoms with Gasteiger partial charge in [-0.2, -0.15) is 0 Å². The molecular weight excluding hydrogens is 148 g/mol. The smallest absolute Gasteiger partial charge is 0.0194 e. The zero-order valence-corrected chi connectivity index (χ0v) is 8.64. The van der Waals surface area contributed by atoms with Gasteiger partial charge in [0.05, 0.1) is 0 Å². The first kappa shape index (κ1) is 10.0. The maximum Gasteiger partial charge on any atom is 0.0194 e. The molecule has 1 atom stereocenters. The molecule has 12 heavy (non-hydrogen) atoms. The minimum atomic E-state index is 0.699. The fourth-order valence-corrected chi connectivity index (χ4v) is 1.86. The average molecular weight is 170 g/mol. The van der Waals surface area contributed by atoms with E-state index in [4.69, 9.17) is 0 Å². The van der Waals surface area contributed by atoms with Crippen molar-refractivity contribution < 1.29 is 0 Å². The first-order chi connectivity index (χ1) is 5.72. The van der Waals surface area contributed by atoms with Crippen molar-refractivity contribution in [2.45, 2.75) is 31.7 Å². The second-order valence-electron chi connectivity index (χ2n) is 4.28. The Morgan fingerprint density at radius 2 is 2.08 bits per heavy atom. The highest BCUT2D eigenvalue weighted by molar-refractivity contribution is 4.77. The fourth-order valence-electron chi connectivity index (χ4n) is 1.86. The molecule has 0 aliphatic heterocycles. The molecule has 1 aliphatic carbocycles. The maximum absolute atomic E-state index is 3.39. The number of hydrogen-bond donors (Lipinski definition) is 1. The number of likely N-dealkylation sites (N-methyl/N-ethyl adjacent to an activating group) is 2. The van der Waals surface area contributed by atoms with Gasteiger partial charge < -0.3 is 10.2 Å². The van der Waals surface area contributed by atoms with E-state index in [-0.39, 0.29) is 0 Å². The van der Waals surface area contributed by atoms with Gasteiger partial charge in [0.1, 0.15) is 0 Å². The van der Waals surface area contributed by atoms with E-state index in [9.17, 15) is 0 Å². The van der Waals surface area contributed by atoms with Gasteiger partial charge in [0.15, 0.2) is 0 Å². The van der Waals surface area contributed by atoms with Crippen LogP contribution in [0.4, 0.5) is 0 Å². The van der Waals surface area contributed by atoms with Gasteiger partial charge in [-0.1, -0.05) is 19.3 Å². The van der Waals surface area contributed by atoms with Gasteiger partial charge in [-0.05, 0) is 33.5 Å². The molecular formula is C10H22N2. The molecule has 72 valence electrons. The van der Waals surface area contributed by atoms with Crippen LogP contribution in [-0.2, 0) is 0 Å². The summed E-state index contributed by atoms with van der Waals surface area (Å²) in [6.07, 6.45) is 5.76. The van der Waals surface area contributed by atoms with E-state index >= 15 is 0 Å². The van der Waals surface area contributed by atoms with Crippen LogP contribution < -0.4 is 5.32 Å². The van der Waals surface area contributed by atoms with Gasteiger partial charge in [0.25, 0.3) is 0 Å². The Labute approximate surface area is 76.3 Å². The molecule has 0 amide bonds. The molecule has 0 spiro atoms. The first-order valence-corrected chi connectivity index (χ1v) is 5.04. The molecule has 1 saturated carbocycles. The van der Waals surface area contributed by atoms with Gasteiger partial charge >= 0.3 is 0 Å². The van der Waals surface area contributed by atoms with Crippen LogP contribution in [0.15, 0.2) is 0 Å². The summed E-state index contributed by atoms with van der Waals surface area (Å²) in [5.74, 6) is 1.02. The third-order valence-corrected chi connectivity index (χ3v) is 2.84. The minimum Gasteiger partial charge on any atom is -0.316 e. The van der Waals surface area contributed by atoms with Crippen molar-refractivity contribution in [2.24, 2.45) is 5.92 Å². The highest BCUT2D eigenvalue weighted by Gasteiger charge is 2.21. The fraction of sp³-hybridized carbons (Fsp3) is 1.00. The van der Waals surface area contributed by atoms with Crippen molar-refractivity contribution >= 4 is 0 Å². The molecule has 2 heteroatoms. The summed E-state index contributed by atoms with van der Waals surface area (Å²) in [4.78, 5) is 2.26. The quantitative estimate of drug-likeness (QED) is 0.669. The van der Waals surface area contributed by atoms with E-state index in [2.05, 4.69) is 31.4 Å². The Bertz CT molecular complexity index is 119. The molecule has 0 aromatic heterocycles. The third kappa shape index (κ3) is 3.11. The zero-order valence-electron chi connectivity index (χ0n) is 8.64. The lowest BCUT2D eigenvalue weighted by atomic mass is 9.81. The summed E-state index contributed by atoms with van der Waals surface area (Å²) in [5, 5.41) is 3.39. The molecule has 0 radical (unpaired) electrons. The molecule has 0 bridgehead atoms. The minimum absolute atomic E-state index is 0.699. The second kappa shape index (κ2) is 4.83. The highest BCUT2D eigenvalue weighted by atomic mass is 15.1. The van der Waals surface area contributed by atoms with Gasteiger partial charge in [-0.3, -0.25) is 0 Å². The van der Waals surface area contributed by atoms with Crippen LogP contribution in [0, 0.1) is 5.92 Å². The lowest BCUT2D eigenvalue weighted by Gasteiger charge is -2.30. The lowest BCUT2D eigenvalue weighted by molar-refractivity contribution is 0.237. The summed E-state index contributed by atoms with van der Waals surface area (Å²) in [5.41, 5.74) is 0. The Morgan fingerprint density at radius 1 is 1.42 bits per heavy atom. The van der Waals surface area contributed by atoms with Gasteiger partial charge in [-0.15, -0.1) is 0 Å². The van der Waals surface area contributed by atoms with E-state index in [1.165, 1.54) is 32.2 Å². The van der Waals surface area contributed by atoms with Crippen molar-refractivity contribution in [3.63, 3.8) is 0 Å². The number of hydrogen-bond acceptors (Lipinski definition) is 2. The molecule has 0 heterocycles. The van der Waals surface area contributed by atoms with E-state index in [0.29, 0.717) is 6.04 Å². The Morgan fingerprint density at radius 3 is 2.42 bits per heavy atom. The average Bonchev–Trinajstić information content (AvgIpc) is 1.93. The van der Waals surface area contributed by atoms with Gasteiger partial charge in [0, 0.05) is 12.6 Å². The third-order valence-electron chi connectivity index (χ3n) is 2.84. The van der Waals surface area contributed by atoms with Crippen LogP contribution in [-0.4, -0.2) is 38.6 Å². The number of nitrogens with one attached hydrogen (secondary N) is 1. The Hall–Kier alpha value is -0.0800. The maximum atomic E-state index is 3.39. The summed E-state index contributed by atoms with van der Waals surface area (Å²) < 4.78 is 0. The molecule has 1 N–H and O–H groups in total. The predicted molar refractivity (Wildman–Crippen MR) is 53.4 cm³/mol. The lowest BCUT2D eigenvalue weighted by Crippen LogP contribution is -2.38. The Balaban J connectivity index is 2.15. The molecule has 1 aliphatic rings. The van der Waals surface area contributed by atoms with Crippen molar-refractivity contribution in [3.05, 3.63) is 0 Å². The summed E-state index contributed by atoms with van der Waals surface area (Å²) >= 11 is 0. The van der Waals surface area contributed by atoms with Crippen LogP contribution in [0.2, 0.25) is 0 Å². The predicted octanol–water partition coefficient (Wildman–Crippen LogP) is 1.33. The first-order valence-electron chi connectivity index (χ1n) is 5.04. The van der Waals surface area contributed by atoms with Crippen LogP contribution in [0.5, 0.6) is 0 Å². The molecule has 1 rings (SSSR count). The molecule has 0 aromatic rings. The molecule has 1 fully saturated rings. The van der Waals surface area contributed by atoms with Crippen LogP contribution in [0.3, 0.4) is 0 Å². The van der Waals surface area contributed by atoms with E-state index in [1.807, 2.05) is 0 Å². The normalized spacial score (nSPS) is 21.0. The summed E-state index contributed by atoms with van der Waals surface area (Å²) in [6, 6.07) is 0.699. The van der Waals surface area contributed by atoms with E-state index in [1.54, 1.807) is 0 Å². The SMILES string of the molecule is CNC(CC1CCC1)CN(C)C. The second-order valence-corrected chi connectivity index (χ2v) is 4.28. The van der Waals surface area contributed by atoms with Crippen LogP contribution >= 0.6 is 0 Å². The summed E-state index contributed by atoms with van der Waals surface area (Å²) in [6.45, 7) is 1.17.